The first kappa shape index (κ1) is 10.0. The molecule has 4 aromatic rings. The van der Waals surface area contributed by atoms with Crippen molar-refractivity contribution in [2.24, 2.45) is 0 Å². The van der Waals surface area contributed by atoms with Crippen molar-refractivity contribution in [3.8, 4) is 11.5 Å². The minimum absolute atomic E-state index is 0.698. The zero-order chi connectivity index (χ0) is 12.7. The number of benzene rings is 2. The SMILES string of the molecule is c1cc2n[nH]nc2cc1Oc1ccc2n[nH]nc2c1. The topological polar surface area (TPSA) is 92.4 Å². The summed E-state index contributed by atoms with van der Waals surface area (Å²) in [5.74, 6) is 1.40. The molecule has 0 fully saturated rings. The molecule has 2 heterocycles. The lowest BCUT2D eigenvalue weighted by Crippen LogP contribution is -1.84. The lowest BCUT2D eigenvalue weighted by Gasteiger charge is -2.04. The van der Waals surface area contributed by atoms with E-state index in [0.717, 1.165) is 22.1 Å². The number of nitrogens with one attached hydrogen (secondary N) is 2. The molecule has 0 bridgehead atoms. The van der Waals surface area contributed by atoms with E-state index in [-0.39, 0.29) is 0 Å². The molecule has 2 aromatic carbocycles. The number of aromatic amines is 2. The van der Waals surface area contributed by atoms with Gasteiger partial charge in [-0.1, -0.05) is 0 Å². The Bertz CT molecular complexity index is 793. The molecule has 92 valence electrons. The molecule has 0 aliphatic heterocycles. The summed E-state index contributed by atoms with van der Waals surface area (Å²) in [6.45, 7) is 0. The number of hydrogen-bond acceptors (Lipinski definition) is 5. The first-order valence-corrected chi connectivity index (χ1v) is 5.67. The minimum atomic E-state index is 0.698. The summed E-state index contributed by atoms with van der Waals surface area (Å²) in [4.78, 5) is 0. The maximum Gasteiger partial charge on any atom is 0.129 e. The molecule has 0 aliphatic rings. The molecular weight excluding hydrogens is 244 g/mol. The second kappa shape index (κ2) is 3.77. The highest BCUT2D eigenvalue weighted by Gasteiger charge is 2.04. The summed E-state index contributed by atoms with van der Waals surface area (Å²) in [7, 11) is 0. The smallest absolute Gasteiger partial charge is 0.129 e. The van der Waals surface area contributed by atoms with Crippen molar-refractivity contribution in [3.63, 3.8) is 0 Å². The van der Waals surface area contributed by atoms with E-state index in [4.69, 9.17) is 4.74 Å². The molecule has 0 radical (unpaired) electrons. The zero-order valence-corrected chi connectivity index (χ0v) is 9.66. The number of fused-ring (bicyclic) bond motifs is 2. The molecule has 0 unspecified atom stereocenters. The third-order valence-electron chi connectivity index (χ3n) is 2.81. The van der Waals surface area contributed by atoms with E-state index in [2.05, 4.69) is 30.8 Å². The molecule has 7 heteroatoms. The summed E-state index contributed by atoms with van der Waals surface area (Å²) >= 11 is 0. The molecule has 4 rings (SSSR count). The van der Waals surface area contributed by atoms with Crippen LogP contribution >= 0.6 is 0 Å². The summed E-state index contributed by atoms with van der Waals surface area (Å²) in [5, 5.41) is 21.2. The van der Waals surface area contributed by atoms with Crippen LogP contribution in [0.5, 0.6) is 11.5 Å². The van der Waals surface area contributed by atoms with Gasteiger partial charge in [-0.05, 0) is 24.3 Å². The van der Waals surface area contributed by atoms with Crippen LogP contribution in [-0.2, 0) is 0 Å². The molecule has 0 saturated carbocycles. The van der Waals surface area contributed by atoms with E-state index in [1.807, 2.05) is 36.4 Å². The number of nitrogens with zero attached hydrogens (tertiary/aromatic N) is 4. The molecular formula is C12H8N6O. The van der Waals surface area contributed by atoms with Crippen LogP contribution in [0.1, 0.15) is 0 Å². The first-order chi connectivity index (χ1) is 9.38. The van der Waals surface area contributed by atoms with Gasteiger partial charge in [0.05, 0.1) is 0 Å². The average Bonchev–Trinajstić information content (AvgIpc) is 3.05. The van der Waals surface area contributed by atoms with Gasteiger partial charge in [-0.3, -0.25) is 0 Å². The van der Waals surface area contributed by atoms with Crippen molar-refractivity contribution in [2.45, 2.75) is 0 Å². The Morgan fingerprint density at radius 3 is 1.63 bits per heavy atom. The van der Waals surface area contributed by atoms with Crippen LogP contribution in [-0.4, -0.2) is 30.8 Å². The predicted molar refractivity (Wildman–Crippen MR) is 67.9 cm³/mol. The van der Waals surface area contributed by atoms with Crippen molar-refractivity contribution < 1.29 is 4.74 Å². The van der Waals surface area contributed by atoms with E-state index >= 15 is 0 Å². The molecule has 0 saturated heterocycles. The molecule has 0 spiro atoms. The third-order valence-corrected chi connectivity index (χ3v) is 2.81. The maximum absolute atomic E-state index is 5.77. The van der Waals surface area contributed by atoms with Crippen molar-refractivity contribution in [1.82, 2.24) is 30.8 Å². The van der Waals surface area contributed by atoms with Gasteiger partial charge in [0.25, 0.3) is 0 Å². The van der Waals surface area contributed by atoms with Crippen LogP contribution in [0.15, 0.2) is 36.4 Å². The van der Waals surface area contributed by atoms with E-state index in [1.54, 1.807) is 0 Å². The fourth-order valence-electron chi connectivity index (χ4n) is 1.90. The Hall–Kier alpha value is -2.96. The molecule has 7 nitrogen and oxygen atoms in total. The summed E-state index contributed by atoms with van der Waals surface area (Å²) in [5.41, 5.74) is 3.14. The van der Waals surface area contributed by atoms with Gasteiger partial charge in [-0.2, -0.15) is 30.8 Å². The van der Waals surface area contributed by atoms with Gasteiger partial charge in [-0.15, -0.1) is 0 Å². The Balaban J connectivity index is 1.72. The molecule has 0 amide bonds. The largest absolute Gasteiger partial charge is 0.457 e. The summed E-state index contributed by atoms with van der Waals surface area (Å²) in [6.07, 6.45) is 0. The molecule has 19 heavy (non-hydrogen) atoms. The fourth-order valence-corrected chi connectivity index (χ4v) is 1.90. The lowest BCUT2D eigenvalue weighted by atomic mass is 10.3. The van der Waals surface area contributed by atoms with Crippen LogP contribution in [0.2, 0.25) is 0 Å². The molecule has 2 N–H and O–H groups in total. The number of aromatic nitrogens is 6. The number of rotatable bonds is 2. The number of ether oxygens (including phenoxy) is 1. The van der Waals surface area contributed by atoms with Crippen LogP contribution < -0.4 is 4.74 Å². The summed E-state index contributed by atoms with van der Waals surface area (Å²) < 4.78 is 5.77. The quantitative estimate of drug-likeness (QED) is 0.569. The van der Waals surface area contributed by atoms with Crippen molar-refractivity contribution in [3.05, 3.63) is 36.4 Å². The van der Waals surface area contributed by atoms with Gasteiger partial charge < -0.3 is 4.74 Å². The monoisotopic (exact) mass is 252 g/mol. The van der Waals surface area contributed by atoms with Crippen LogP contribution in [0.4, 0.5) is 0 Å². The van der Waals surface area contributed by atoms with Gasteiger partial charge >= 0.3 is 0 Å². The van der Waals surface area contributed by atoms with Crippen LogP contribution in [0, 0.1) is 0 Å². The van der Waals surface area contributed by atoms with E-state index in [1.165, 1.54) is 0 Å². The van der Waals surface area contributed by atoms with Gasteiger partial charge in [-0.25, -0.2) is 0 Å². The third kappa shape index (κ3) is 1.68. The molecule has 2 aromatic heterocycles. The van der Waals surface area contributed by atoms with Crippen LogP contribution in [0.25, 0.3) is 22.1 Å². The highest BCUT2D eigenvalue weighted by atomic mass is 16.5. The second-order valence-electron chi connectivity index (χ2n) is 4.05. The minimum Gasteiger partial charge on any atom is -0.457 e. The van der Waals surface area contributed by atoms with Gasteiger partial charge in [0.2, 0.25) is 0 Å². The average molecular weight is 252 g/mol. The van der Waals surface area contributed by atoms with Gasteiger partial charge in [0.1, 0.15) is 33.6 Å². The molecule has 0 atom stereocenters. The van der Waals surface area contributed by atoms with E-state index in [0.29, 0.717) is 11.5 Å². The second-order valence-corrected chi connectivity index (χ2v) is 4.05. The van der Waals surface area contributed by atoms with E-state index < -0.39 is 0 Å². The van der Waals surface area contributed by atoms with Crippen LogP contribution in [0.3, 0.4) is 0 Å². The van der Waals surface area contributed by atoms with Crippen molar-refractivity contribution >= 4 is 22.1 Å². The first-order valence-electron chi connectivity index (χ1n) is 5.67. The fraction of sp³-hybridized carbons (Fsp3) is 0. The number of H-pyrrole nitrogens is 2. The summed E-state index contributed by atoms with van der Waals surface area (Å²) in [6, 6.07) is 11.0. The maximum atomic E-state index is 5.77. The Morgan fingerprint density at radius 1 is 0.632 bits per heavy atom. The Labute approximate surface area is 106 Å². The highest BCUT2D eigenvalue weighted by Crippen LogP contribution is 2.25. The van der Waals surface area contributed by atoms with Crippen molar-refractivity contribution in [2.75, 3.05) is 0 Å². The Kier molecular flexibility index (Phi) is 1.99. The van der Waals surface area contributed by atoms with Crippen molar-refractivity contribution in [1.29, 1.82) is 0 Å². The lowest BCUT2D eigenvalue weighted by molar-refractivity contribution is 0.484. The Morgan fingerprint density at radius 2 is 1.11 bits per heavy atom. The normalized spacial score (nSPS) is 11.2. The predicted octanol–water partition coefficient (Wildman–Crippen LogP) is 2.02. The van der Waals surface area contributed by atoms with Gasteiger partial charge in [0, 0.05) is 12.1 Å². The zero-order valence-electron chi connectivity index (χ0n) is 9.66. The molecule has 0 aliphatic carbocycles. The highest BCUT2D eigenvalue weighted by molar-refractivity contribution is 5.76. The van der Waals surface area contributed by atoms with E-state index in [9.17, 15) is 0 Å². The standard InChI is InChI=1S/C12H8N6O/c1-3-9-11(15-17-13-9)5-7(1)19-8-2-4-10-12(6-8)16-18-14-10/h1-6H,(H,13,15,17)(H,14,16,18). The number of hydrogen-bond donors (Lipinski definition) is 2. The van der Waals surface area contributed by atoms with Gasteiger partial charge in [0.15, 0.2) is 0 Å².